The first-order chi connectivity index (χ1) is 18.0. The summed E-state index contributed by atoms with van der Waals surface area (Å²) in [5.41, 5.74) is 0.905. The van der Waals surface area contributed by atoms with Gasteiger partial charge < -0.3 is 9.30 Å². The van der Waals surface area contributed by atoms with Gasteiger partial charge in [-0.3, -0.25) is 14.6 Å². The zero-order valence-corrected chi connectivity index (χ0v) is 22.0. The number of ether oxygens (including phenoxy) is 1. The number of sulfonamides is 1. The summed E-state index contributed by atoms with van der Waals surface area (Å²) >= 11 is 1.22. The van der Waals surface area contributed by atoms with Crippen molar-refractivity contribution in [3.05, 3.63) is 76.5 Å². The first kappa shape index (κ1) is 25.5. The summed E-state index contributed by atoms with van der Waals surface area (Å²) in [6, 6.07) is 9.21. The van der Waals surface area contributed by atoms with Crippen LogP contribution in [0.25, 0.3) is 31.9 Å². The zero-order valence-electron chi connectivity index (χ0n) is 20.4. The Kier molecular flexibility index (Phi) is 6.49. The Morgan fingerprint density at radius 3 is 2.55 bits per heavy atom. The summed E-state index contributed by atoms with van der Waals surface area (Å²) in [6.07, 6.45) is 1.59. The van der Waals surface area contributed by atoms with Crippen molar-refractivity contribution >= 4 is 37.1 Å². The van der Waals surface area contributed by atoms with Crippen molar-refractivity contribution in [3.8, 4) is 33.3 Å². The molecule has 0 radical (unpaired) electrons. The van der Waals surface area contributed by atoms with E-state index < -0.39 is 21.7 Å². The molecule has 0 aliphatic carbocycles. The van der Waals surface area contributed by atoms with Gasteiger partial charge in [0.05, 0.1) is 10.6 Å². The average molecular weight is 558 g/mol. The number of nitrogens with zero attached hydrogens (tertiary/aromatic N) is 3. The van der Waals surface area contributed by atoms with Crippen LogP contribution in [0.2, 0.25) is 0 Å². The molecule has 2 aromatic carbocycles. The van der Waals surface area contributed by atoms with Crippen molar-refractivity contribution in [2.75, 3.05) is 10.5 Å². The molecule has 5 rings (SSSR count). The van der Waals surface area contributed by atoms with E-state index in [1.54, 1.807) is 32.3 Å². The number of H-pyrrole nitrogens is 1. The maximum absolute atomic E-state index is 14.5. The van der Waals surface area contributed by atoms with Gasteiger partial charge >= 0.3 is 0 Å². The van der Waals surface area contributed by atoms with Gasteiger partial charge in [0.1, 0.15) is 22.1 Å². The minimum Gasteiger partial charge on any atom is -0.454 e. The van der Waals surface area contributed by atoms with Crippen LogP contribution in [0.15, 0.2) is 53.5 Å². The van der Waals surface area contributed by atoms with Crippen molar-refractivity contribution in [1.29, 1.82) is 0 Å². The third kappa shape index (κ3) is 4.89. The molecule has 0 unspecified atom stereocenters. The predicted molar refractivity (Wildman–Crippen MR) is 142 cm³/mol. The van der Waals surface area contributed by atoms with Gasteiger partial charge in [-0.15, -0.1) is 11.3 Å². The standard InChI is InChI=1S/C25H21F2N5O4S2/c1-4-38(34,35)31-15-6-8-20(36-21-7-5-14(26)9-19(21)27)16(10-15)18-12-32(3)25(33)23-17(18)11-22(37-23)24-28-13(2)29-30-24/h5-12,31H,4H2,1-3H3,(H,28,29,30). The van der Waals surface area contributed by atoms with E-state index in [2.05, 4.69) is 19.9 Å². The van der Waals surface area contributed by atoms with Crippen LogP contribution in [0.4, 0.5) is 14.5 Å². The third-order valence-corrected chi connectivity index (χ3v) is 8.16. The fraction of sp³-hybridized carbons (Fsp3) is 0.160. The van der Waals surface area contributed by atoms with Gasteiger partial charge in [0.15, 0.2) is 17.4 Å². The molecule has 3 aromatic heterocycles. The molecule has 0 saturated carbocycles. The molecule has 0 fully saturated rings. The van der Waals surface area contributed by atoms with Crippen molar-refractivity contribution < 1.29 is 21.9 Å². The van der Waals surface area contributed by atoms with E-state index >= 15 is 0 Å². The molecule has 2 N–H and O–H groups in total. The number of hydrogen-bond acceptors (Lipinski definition) is 7. The van der Waals surface area contributed by atoms with Crippen LogP contribution < -0.4 is 15.0 Å². The van der Waals surface area contributed by atoms with Gasteiger partial charge in [0.2, 0.25) is 10.0 Å². The number of aromatic amines is 1. The maximum Gasteiger partial charge on any atom is 0.268 e. The number of fused-ring (bicyclic) bond motifs is 1. The second kappa shape index (κ2) is 9.65. The quantitative estimate of drug-likeness (QED) is 0.284. The summed E-state index contributed by atoms with van der Waals surface area (Å²) in [5.74, 6) is -0.833. The third-order valence-electron chi connectivity index (χ3n) is 5.73. The Morgan fingerprint density at radius 2 is 1.87 bits per heavy atom. The summed E-state index contributed by atoms with van der Waals surface area (Å²) < 4.78 is 62.6. The Balaban J connectivity index is 1.74. The zero-order chi connectivity index (χ0) is 27.2. The van der Waals surface area contributed by atoms with Gasteiger partial charge in [-0.25, -0.2) is 22.2 Å². The van der Waals surface area contributed by atoms with Crippen LogP contribution in [-0.2, 0) is 17.1 Å². The lowest BCUT2D eigenvalue weighted by atomic mass is 10.0. The smallest absolute Gasteiger partial charge is 0.268 e. The van der Waals surface area contributed by atoms with Crippen LogP contribution in [0.3, 0.4) is 0 Å². The average Bonchev–Trinajstić information content (AvgIpc) is 3.51. The largest absolute Gasteiger partial charge is 0.454 e. The molecule has 0 aliphatic heterocycles. The molecule has 0 spiro atoms. The van der Waals surface area contributed by atoms with E-state index in [1.807, 2.05) is 0 Å². The number of hydrogen-bond donors (Lipinski definition) is 2. The number of pyridine rings is 1. The number of thiophene rings is 1. The Labute approximate surface area is 219 Å². The molecule has 0 aliphatic rings. The second-order valence-electron chi connectivity index (χ2n) is 8.44. The van der Waals surface area contributed by atoms with Crippen molar-refractivity contribution in [2.24, 2.45) is 7.05 Å². The minimum atomic E-state index is -3.61. The fourth-order valence-corrected chi connectivity index (χ4v) is 5.57. The Hall–Kier alpha value is -4.10. The lowest BCUT2D eigenvalue weighted by molar-refractivity contribution is 0.439. The number of halogens is 2. The highest BCUT2D eigenvalue weighted by Crippen LogP contribution is 2.42. The van der Waals surface area contributed by atoms with Crippen LogP contribution in [0.5, 0.6) is 11.5 Å². The summed E-state index contributed by atoms with van der Waals surface area (Å²) in [5, 5.41) is 7.45. The summed E-state index contributed by atoms with van der Waals surface area (Å²) in [6.45, 7) is 3.24. The van der Waals surface area contributed by atoms with Gasteiger partial charge in [-0.2, -0.15) is 5.10 Å². The van der Waals surface area contributed by atoms with Crippen LogP contribution in [-0.4, -0.2) is 33.9 Å². The van der Waals surface area contributed by atoms with E-state index in [9.17, 15) is 22.0 Å². The van der Waals surface area contributed by atoms with E-state index in [0.29, 0.717) is 43.8 Å². The minimum absolute atomic E-state index is 0.143. The number of aryl methyl sites for hydroxylation is 2. The number of nitrogens with one attached hydrogen (secondary N) is 2. The van der Waals surface area contributed by atoms with Crippen LogP contribution >= 0.6 is 11.3 Å². The number of benzene rings is 2. The molecular formula is C25H21F2N5O4S2. The topological polar surface area (TPSA) is 119 Å². The van der Waals surface area contributed by atoms with Crippen LogP contribution in [0, 0.1) is 18.6 Å². The molecule has 0 amide bonds. The number of anilines is 1. The summed E-state index contributed by atoms with van der Waals surface area (Å²) in [7, 11) is -2.02. The molecule has 9 nitrogen and oxygen atoms in total. The van der Waals surface area contributed by atoms with E-state index in [0.717, 1.165) is 12.1 Å². The van der Waals surface area contributed by atoms with Crippen molar-refractivity contribution in [1.82, 2.24) is 19.7 Å². The van der Waals surface area contributed by atoms with E-state index in [1.165, 1.54) is 35.0 Å². The molecule has 13 heteroatoms. The van der Waals surface area contributed by atoms with Crippen LogP contribution in [0.1, 0.15) is 12.7 Å². The highest BCUT2D eigenvalue weighted by Gasteiger charge is 2.20. The van der Waals surface area contributed by atoms with Gasteiger partial charge in [0.25, 0.3) is 5.56 Å². The molecule has 5 aromatic rings. The first-order valence-electron chi connectivity index (χ1n) is 11.3. The second-order valence-corrected chi connectivity index (χ2v) is 11.5. The van der Waals surface area contributed by atoms with Gasteiger partial charge in [-0.1, -0.05) is 0 Å². The predicted octanol–water partition coefficient (Wildman–Crippen LogP) is 5.19. The lowest BCUT2D eigenvalue weighted by Crippen LogP contribution is -2.16. The number of aromatic nitrogens is 4. The first-order valence-corrected chi connectivity index (χ1v) is 13.8. The SMILES string of the molecule is CCS(=O)(=O)Nc1ccc(Oc2ccc(F)cc2F)c(-c2cn(C)c(=O)c3sc(-c4nc(C)n[nH]4)cc23)c1. The molecule has 0 bridgehead atoms. The Bertz CT molecular complexity index is 1860. The normalized spacial score (nSPS) is 11.7. The summed E-state index contributed by atoms with van der Waals surface area (Å²) in [4.78, 5) is 18.0. The highest BCUT2D eigenvalue weighted by molar-refractivity contribution is 7.92. The Morgan fingerprint density at radius 1 is 1.11 bits per heavy atom. The lowest BCUT2D eigenvalue weighted by Gasteiger charge is -2.16. The van der Waals surface area contributed by atoms with Gasteiger partial charge in [-0.05, 0) is 50.2 Å². The monoisotopic (exact) mass is 557 g/mol. The van der Waals surface area contributed by atoms with Crippen molar-refractivity contribution in [3.63, 3.8) is 0 Å². The van der Waals surface area contributed by atoms with Gasteiger partial charge in [0, 0.05) is 41.5 Å². The highest BCUT2D eigenvalue weighted by atomic mass is 32.2. The molecule has 196 valence electrons. The van der Waals surface area contributed by atoms with Crippen molar-refractivity contribution in [2.45, 2.75) is 13.8 Å². The molecular weight excluding hydrogens is 536 g/mol. The maximum atomic E-state index is 14.5. The molecule has 0 atom stereocenters. The molecule has 3 heterocycles. The molecule has 38 heavy (non-hydrogen) atoms. The molecule has 0 saturated heterocycles. The van der Waals surface area contributed by atoms with E-state index in [-0.39, 0.29) is 28.5 Å². The van der Waals surface area contributed by atoms with E-state index in [4.69, 9.17) is 4.74 Å². The fourth-order valence-electron chi connectivity index (χ4n) is 3.84. The number of rotatable bonds is 7.